The van der Waals surface area contributed by atoms with E-state index in [0.717, 1.165) is 22.4 Å². The molecule has 0 radical (unpaired) electrons. The van der Waals surface area contributed by atoms with Crippen LogP contribution in [-0.4, -0.2) is 16.2 Å². The summed E-state index contributed by atoms with van der Waals surface area (Å²) in [6.07, 6.45) is 3.45. The van der Waals surface area contributed by atoms with Crippen LogP contribution in [0.25, 0.3) is 0 Å². The van der Waals surface area contributed by atoms with Crippen molar-refractivity contribution in [1.29, 1.82) is 0 Å². The van der Waals surface area contributed by atoms with Gasteiger partial charge in [-0.15, -0.1) is 0 Å². The Morgan fingerprint density at radius 3 is 1.97 bits per heavy atom. The van der Waals surface area contributed by atoms with Crippen molar-refractivity contribution in [2.24, 2.45) is 10.8 Å². The number of nitrogens with zero attached hydrogens (tertiary/aromatic N) is 1. The second kappa shape index (κ2) is 7.58. The maximum absolute atomic E-state index is 13.6. The Balaban J connectivity index is 1.97. The molecule has 0 saturated heterocycles. The van der Waals surface area contributed by atoms with Crippen molar-refractivity contribution in [3.8, 4) is 5.75 Å². The van der Waals surface area contributed by atoms with Crippen LogP contribution in [0, 0.1) is 20.9 Å². The predicted molar refractivity (Wildman–Crippen MR) is 129 cm³/mol. The van der Waals surface area contributed by atoms with Gasteiger partial charge in [-0.05, 0) is 52.8 Å². The number of rotatable bonds is 2. The average molecular weight is 447 g/mol. The fourth-order valence-corrected chi connectivity index (χ4v) is 4.44. The zero-order valence-electron chi connectivity index (χ0n) is 19.9. The zero-order chi connectivity index (χ0) is 24.2. The molecule has 0 fully saturated rings. The quantitative estimate of drug-likeness (QED) is 0.426. The molecule has 6 heteroatoms. The first-order valence-corrected chi connectivity index (χ1v) is 11.1. The summed E-state index contributed by atoms with van der Waals surface area (Å²) in [7, 11) is 0. The number of nitro groups is 1. The molecule has 6 nitrogen and oxygen atoms in total. The minimum absolute atomic E-state index is 0.0210. The SMILES string of the molecule is CC(C)(C)C1=CC2(C=C(C(C)(C)C)C1=O)Nc1ccccc1O[C@@H]2c1ccc([N+](=O)[O-])cc1. The van der Waals surface area contributed by atoms with Crippen molar-refractivity contribution < 1.29 is 14.5 Å². The Bertz CT molecular complexity index is 1140. The van der Waals surface area contributed by atoms with Gasteiger partial charge >= 0.3 is 0 Å². The molecule has 1 aliphatic carbocycles. The van der Waals surface area contributed by atoms with Gasteiger partial charge in [-0.1, -0.05) is 53.7 Å². The smallest absolute Gasteiger partial charge is 0.269 e. The molecule has 0 saturated carbocycles. The number of anilines is 1. The van der Waals surface area contributed by atoms with Gasteiger partial charge in [0.1, 0.15) is 11.3 Å². The third kappa shape index (κ3) is 4.06. The number of carbonyl (C=O) groups excluding carboxylic acids is 1. The highest BCUT2D eigenvalue weighted by atomic mass is 16.6. The highest BCUT2D eigenvalue weighted by Gasteiger charge is 2.48. The van der Waals surface area contributed by atoms with E-state index in [2.05, 4.69) is 5.32 Å². The van der Waals surface area contributed by atoms with Crippen LogP contribution in [0.2, 0.25) is 0 Å². The largest absolute Gasteiger partial charge is 0.480 e. The summed E-state index contributed by atoms with van der Waals surface area (Å²) < 4.78 is 6.54. The Morgan fingerprint density at radius 1 is 0.909 bits per heavy atom. The number of hydrogen-bond donors (Lipinski definition) is 1. The van der Waals surface area contributed by atoms with E-state index in [1.54, 1.807) is 12.1 Å². The number of non-ortho nitro benzene ring substituents is 1. The summed E-state index contributed by atoms with van der Waals surface area (Å²) >= 11 is 0. The molecule has 0 unspecified atom stereocenters. The Morgan fingerprint density at radius 2 is 1.45 bits per heavy atom. The molecule has 33 heavy (non-hydrogen) atoms. The van der Waals surface area contributed by atoms with Crippen LogP contribution in [0.3, 0.4) is 0 Å². The summed E-state index contributed by atoms with van der Waals surface area (Å²) in [6.45, 7) is 12.2. The van der Waals surface area contributed by atoms with Gasteiger partial charge in [-0.2, -0.15) is 0 Å². The van der Waals surface area contributed by atoms with E-state index < -0.39 is 16.6 Å². The fourth-order valence-electron chi connectivity index (χ4n) is 4.44. The van der Waals surface area contributed by atoms with Crippen LogP contribution in [0.1, 0.15) is 53.2 Å². The third-order valence-corrected chi connectivity index (χ3v) is 6.20. The molecular weight excluding hydrogens is 416 g/mol. The number of Topliss-reactive ketones (excluding diaryl/α,β-unsaturated/α-hetero) is 1. The normalized spacial score (nSPS) is 19.7. The summed E-state index contributed by atoms with van der Waals surface area (Å²) in [4.78, 5) is 24.4. The summed E-state index contributed by atoms with van der Waals surface area (Å²) in [5.74, 6) is 0.739. The van der Waals surface area contributed by atoms with Crippen LogP contribution < -0.4 is 10.1 Å². The van der Waals surface area contributed by atoms with Crippen LogP contribution in [0.15, 0.2) is 71.8 Å². The number of nitrogens with one attached hydrogen (secondary N) is 1. The minimum atomic E-state index is -0.844. The number of nitro benzene ring substituents is 1. The minimum Gasteiger partial charge on any atom is -0.480 e. The molecule has 4 rings (SSSR count). The molecule has 0 bridgehead atoms. The fraction of sp³-hybridized carbons (Fsp3) is 0.370. The molecule has 2 aromatic carbocycles. The molecule has 2 aliphatic rings. The summed E-state index contributed by atoms with van der Waals surface area (Å²) in [6, 6.07) is 14.1. The molecular formula is C27H30N2O4. The molecule has 1 heterocycles. The summed E-state index contributed by atoms with van der Waals surface area (Å²) in [5, 5.41) is 14.9. The number of fused-ring (bicyclic) bond motifs is 1. The van der Waals surface area contributed by atoms with Crippen molar-refractivity contribution >= 4 is 17.2 Å². The monoisotopic (exact) mass is 446 g/mol. The van der Waals surface area contributed by atoms with Crippen LogP contribution in [0.4, 0.5) is 11.4 Å². The van der Waals surface area contributed by atoms with Crippen LogP contribution in [0.5, 0.6) is 5.75 Å². The van der Waals surface area contributed by atoms with Gasteiger partial charge in [-0.3, -0.25) is 14.9 Å². The number of ketones is 1. The molecule has 1 atom stereocenters. The van der Waals surface area contributed by atoms with Crippen molar-refractivity contribution in [3.05, 3.63) is 87.5 Å². The number of ether oxygens (including phenoxy) is 1. The lowest BCUT2D eigenvalue weighted by Gasteiger charge is -2.47. The Hall–Kier alpha value is -3.41. The van der Waals surface area contributed by atoms with Crippen molar-refractivity contribution in [2.75, 3.05) is 5.32 Å². The van der Waals surface area contributed by atoms with E-state index in [-0.39, 0.29) is 22.3 Å². The van der Waals surface area contributed by atoms with Crippen LogP contribution >= 0.6 is 0 Å². The van der Waals surface area contributed by atoms with E-state index in [1.165, 1.54) is 12.1 Å². The molecule has 1 N–H and O–H groups in total. The number of para-hydroxylation sites is 2. The van der Waals surface area contributed by atoms with E-state index in [9.17, 15) is 14.9 Å². The number of allylic oxidation sites excluding steroid dienone is 2. The van der Waals surface area contributed by atoms with Gasteiger partial charge in [0, 0.05) is 23.3 Å². The zero-order valence-corrected chi connectivity index (χ0v) is 19.9. The first kappa shape index (κ1) is 22.8. The molecule has 172 valence electrons. The standard InChI is InChI=1S/C27H30N2O4/c1-25(2,3)19-15-27(16-20(23(19)30)26(4,5)6)24(17-11-13-18(14-12-17)29(31)32)33-22-10-8-7-9-21(22)28-27/h7-16,24,28H,1-6H3/t24-/m1/s1. The molecule has 2 aromatic rings. The number of carbonyl (C=O) groups is 1. The second-order valence-electron chi connectivity index (χ2n) is 10.8. The first-order chi connectivity index (χ1) is 15.3. The highest BCUT2D eigenvalue weighted by molar-refractivity contribution is 6.11. The highest BCUT2D eigenvalue weighted by Crippen LogP contribution is 2.50. The predicted octanol–water partition coefficient (Wildman–Crippen LogP) is 6.41. The van der Waals surface area contributed by atoms with E-state index in [0.29, 0.717) is 5.75 Å². The maximum Gasteiger partial charge on any atom is 0.269 e. The van der Waals surface area contributed by atoms with Gasteiger partial charge in [0.2, 0.25) is 0 Å². The number of benzene rings is 2. The first-order valence-electron chi connectivity index (χ1n) is 11.1. The Labute approximate surface area is 194 Å². The van der Waals surface area contributed by atoms with Gasteiger partial charge in [-0.25, -0.2) is 0 Å². The molecule has 0 aromatic heterocycles. The molecule has 1 aliphatic heterocycles. The van der Waals surface area contributed by atoms with Gasteiger partial charge < -0.3 is 10.1 Å². The van der Waals surface area contributed by atoms with Gasteiger partial charge in [0.15, 0.2) is 11.9 Å². The van der Waals surface area contributed by atoms with Crippen molar-refractivity contribution in [2.45, 2.75) is 53.2 Å². The average Bonchev–Trinajstić information content (AvgIpc) is 2.73. The van der Waals surface area contributed by atoms with Crippen molar-refractivity contribution in [3.63, 3.8) is 0 Å². The van der Waals surface area contributed by atoms with E-state index in [1.807, 2.05) is 78.0 Å². The summed E-state index contributed by atoms with van der Waals surface area (Å²) in [5.41, 5.74) is 1.47. The lowest BCUT2D eigenvalue weighted by atomic mass is 9.67. The number of hydrogen-bond acceptors (Lipinski definition) is 5. The van der Waals surface area contributed by atoms with E-state index >= 15 is 0 Å². The maximum atomic E-state index is 13.6. The second-order valence-corrected chi connectivity index (χ2v) is 10.8. The van der Waals surface area contributed by atoms with E-state index in [4.69, 9.17) is 4.74 Å². The Kier molecular flexibility index (Phi) is 5.23. The topological polar surface area (TPSA) is 81.5 Å². The van der Waals surface area contributed by atoms with Gasteiger partial charge in [0.05, 0.1) is 10.6 Å². The van der Waals surface area contributed by atoms with Gasteiger partial charge in [0.25, 0.3) is 5.69 Å². The third-order valence-electron chi connectivity index (χ3n) is 6.20. The van der Waals surface area contributed by atoms with Crippen LogP contribution in [-0.2, 0) is 4.79 Å². The lowest BCUT2D eigenvalue weighted by molar-refractivity contribution is -0.384. The molecule has 0 amide bonds. The molecule has 1 spiro atoms. The van der Waals surface area contributed by atoms with Crippen molar-refractivity contribution in [1.82, 2.24) is 0 Å². The lowest BCUT2D eigenvalue weighted by Crippen LogP contribution is -2.50.